The molecule has 0 saturated carbocycles. The largest absolute Gasteiger partial charge is 0.384 e. The summed E-state index contributed by atoms with van der Waals surface area (Å²) in [6, 6.07) is 0.397. The minimum Gasteiger partial charge on any atom is -0.384 e. The van der Waals surface area contributed by atoms with Gasteiger partial charge in [-0.2, -0.15) is 0 Å². The van der Waals surface area contributed by atoms with Crippen molar-refractivity contribution < 1.29 is 9.47 Å². The first-order chi connectivity index (χ1) is 7.58. The summed E-state index contributed by atoms with van der Waals surface area (Å²) >= 11 is 0. The summed E-state index contributed by atoms with van der Waals surface area (Å²) in [4.78, 5) is 2.45. The maximum absolute atomic E-state index is 5.89. The highest BCUT2D eigenvalue weighted by Gasteiger charge is 2.30. The van der Waals surface area contributed by atoms with Gasteiger partial charge in [0.15, 0.2) is 0 Å². The van der Waals surface area contributed by atoms with Crippen molar-refractivity contribution in [2.75, 3.05) is 33.4 Å². The molecule has 1 heterocycles. The smallest absolute Gasteiger partial charge is 0.0678 e. The van der Waals surface area contributed by atoms with Crippen LogP contribution in [0.5, 0.6) is 0 Å². The zero-order valence-electron chi connectivity index (χ0n) is 11.0. The summed E-state index contributed by atoms with van der Waals surface area (Å²) in [5, 5.41) is 0. The Bertz CT molecular complexity index is 191. The van der Waals surface area contributed by atoms with Gasteiger partial charge < -0.3 is 15.2 Å². The van der Waals surface area contributed by atoms with E-state index in [1.54, 1.807) is 7.11 Å². The van der Waals surface area contributed by atoms with Gasteiger partial charge in [-0.1, -0.05) is 6.92 Å². The Morgan fingerprint density at radius 1 is 1.38 bits per heavy atom. The van der Waals surface area contributed by atoms with Crippen LogP contribution in [0.4, 0.5) is 0 Å². The summed E-state index contributed by atoms with van der Waals surface area (Å²) in [6.07, 6.45) is 0.597. The van der Waals surface area contributed by atoms with Crippen LogP contribution in [-0.2, 0) is 9.47 Å². The second kappa shape index (κ2) is 6.55. The summed E-state index contributed by atoms with van der Waals surface area (Å²) in [7, 11) is 1.74. The molecule has 0 bridgehead atoms. The fourth-order valence-corrected chi connectivity index (χ4v) is 2.60. The quantitative estimate of drug-likeness (QED) is 0.755. The molecule has 4 heteroatoms. The van der Waals surface area contributed by atoms with E-state index in [1.165, 1.54) is 0 Å². The molecule has 16 heavy (non-hydrogen) atoms. The zero-order chi connectivity index (χ0) is 12.1. The van der Waals surface area contributed by atoms with Crippen LogP contribution in [0.15, 0.2) is 0 Å². The van der Waals surface area contributed by atoms with Crippen LogP contribution in [0.1, 0.15) is 20.8 Å². The third-order valence-electron chi connectivity index (χ3n) is 3.24. The fraction of sp³-hybridized carbons (Fsp3) is 1.00. The number of morpholine rings is 1. The first-order valence-corrected chi connectivity index (χ1v) is 6.17. The van der Waals surface area contributed by atoms with Crippen molar-refractivity contribution in [3.05, 3.63) is 0 Å². The van der Waals surface area contributed by atoms with Crippen LogP contribution in [0.3, 0.4) is 0 Å². The molecule has 1 fully saturated rings. The number of hydrogen-bond donors (Lipinski definition) is 1. The maximum Gasteiger partial charge on any atom is 0.0678 e. The lowest BCUT2D eigenvalue weighted by molar-refractivity contribution is -0.0879. The molecule has 1 saturated heterocycles. The predicted molar refractivity (Wildman–Crippen MR) is 65.5 cm³/mol. The van der Waals surface area contributed by atoms with Crippen LogP contribution in [0.25, 0.3) is 0 Å². The summed E-state index contributed by atoms with van der Waals surface area (Å²) < 4.78 is 11.0. The maximum atomic E-state index is 5.89. The van der Waals surface area contributed by atoms with Gasteiger partial charge in [-0.05, 0) is 19.8 Å². The number of nitrogens with zero attached hydrogens (tertiary/aromatic N) is 1. The lowest BCUT2D eigenvalue weighted by atomic mass is 9.99. The molecule has 0 aromatic heterocycles. The molecular weight excluding hydrogens is 204 g/mol. The van der Waals surface area contributed by atoms with Crippen molar-refractivity contribution in [3.63, 3.8) is 0 Å². The molecule has 1 aliphatic heterocycles. The van der Waals surface area contributed by atoms with E-state index in [0.29, 0.717) is 30.7 Å². The molecule has 4 atom stereocenters. The minimum absolute atomic E-state index is 0.299. The Morgan fingerprint density at radius 2 is 1.94 bits per heavy atom. The molecule has 0 radical (unpaired) electrons. The van der Waals surface area contributed by atoms with E-state index in [-0.39, 0.29) is 0 Å². The second-order valence-electron chi connectivity index (χ2n) is 4.95. The van der Waals surface area contributed by atoms with Crippen LogP contribution in [-0.4, -0.2) is 56.5 Å². The predicted octanol–water partition coefficient (Wildman–Crippen LogP) is 0.705. The number of ether oxygens (including phenoxy) is 2. The lowest BCUT2D eigenvalue weighted by Gasteiger charge is -2.42. The second-order valence-corrected chi connectivity index (χ2v) is 4.95. The van der Waals surface area contributed by atoms with Crippen molar-refractivity contribution in [1.82, 2.24) is 4.90 Å². The van der Waals surface area contributed by atoms with Crippen molar-refractivity contribution in [2.24, 2.45) is 11.7 Å². The van der Waals surface area contributed by atoms with Crippen molar-refractivity contribution in [1.29, 1.82) is 0 Å². The van der Waals surface area contributed by atoms with Crippen molar-refractivity contribution >= 4 is 0 Å². The van der Waals surface area contributed by atoms with Gasteiger partial charge >= 0.3 is 0 Å². The first kappa shape index (κ1) is 13.9. The standard InChI is InChI=1S/C12H26N2O2/c1-9(8-15-4)12(5-13)14-6-10(2)16-11(3)7-14/h9-12H,5-8,13H2,1-4H3. The van der Waals surface area contributed by atoms with E-state index >= 15 is 0 Å². The third kappa shape index (κ3) is 3.70. The first-order valence-electron chi connectivity index (χ1n) is 6.17. The SMILES string of the molecule is COCC(C)C(CN)N1CC(C)OC(C)C1. The molecule has 0 amide bonds. The minimum atomic E-state index is 0.299. The molecule has 4 unspecified atom stereocenters. The van der Waals surface area contributed by atoms with Gasteiger partial charge in [0.1, 0.15) is 0 Å². The van der Waals surface area contributed by atoms with Gasteiger partial charge in [-0.25, -0.2) is 0 Å². The van der Waals surface area contributed by atoms with Crippen molar-refractivity contribution in [3.8, 4) is 0 Å². The topological polar surface area (TPSA) is 47.7 Å². The van der Waals surface area contributed by atoms with Gasteiger partial charge in [-0.15, -0.1) is 0 Å². The van der Waals surface area contributed by atoms with Crippen LogP contribution in [0.2, 0.25) is 0 Å². The summed E-state index contributed by atoms with van der Waals surface area (Å²) in [6.45, 7) is 9.84. The molecule has 4 nitrogen and oxygen atoms in total. The molecule has 0 aromatic rings. The Balaban J connectivity index is 2.57. The lowest BCUT2D eigenvalue weighted by Crippen LogP contribution is -2.55. The van der Waals surface area contributed by atoms with Gasteiger partial charge in [0, 0.05) is 32.8 Å². The van der Waals surface area contributed by atoms with Crippen LogP contribution in [0, 0.1) is 5.92 Å². The molecule has 96 valence electrons. The van der Waals surface area contributed by atoms with E-state index < -0.39 is 0 Å². The molecular formula is C12H26N2O2. The van der Waals surface area contributed by atoms with E-state index in [9.17, 15) is 0 Å². The van der Waals surface area contributed by atoms with E-state index in [2.05, 4.69) is 25.7 Å². The molecule has 0 aromatic carbocycles. The zero-order valence-corrected chi connectivity index (χ0v) is 11.0. The van der Waals surface area contributed by atoms with Crippen molar-refractivity contribution in [2.45, 2.75) is 39.0 Å². The molecule has 0 aliphatic carbocycles. The van der Waals surface area contributed by atoms with Crippen LogP contribution < -0.4 is 5.73 Å². The number of methoxy groups -OCH3 is 1. The summed E-state index contributed by atoms with van der Waals surface area (Å²) in [5.41, 5.74) is 5.89. The molecule has 1 rings (SSSR count). The normalized spacial score (nSPS) is 31.3. The Labute approximate surface area is 99.1 Å². The Kier molecular flexibility index (Phi) is 5.69. The average molecular weight is 230 g/mol. The monoisotopic (exact) mass is 230 g/mol. The summed E-state index contributed by atoms with van der Waals surface area (Å²) in [5.74, 6) is 0.465. The number of nitrogens with two attached hydrogens (primary N) is 1. The Hall–Kier alpha value is -0.160. The number of rotatable bonds is 5. The highest BCUT2D eigenvalue weighted by molar-refractivity contribution is 4.83. The molecule has 2 N–H and O–H groups in total. The van der Waals surface area contributed by atoms with E-state index in [4.69, 9.17) is 15.2 Å². The molecule has 1 aliphatic rings. The molecule has 0 spiro atoms. The van der Waals surface area contributed by atoms with Gasteiger partial charge in [-0.3, -0.25) is 4.90 Å². The van der Waals surface area contributed by atoms with E-state index in [0.717, 1.165) is 19.7 Å². The van der Waals surface area contributed by atoms with E-state index in [1.807, 2.05) is 0 Å². The third-order valence-corrected chi connectivity index (χ3v) is 3.24. The Morgan fingerprint density at radius 3 is 2.38 bits per heavy atom. The highest BCUT2D eigenvalue weighted by atomic mass is 16.5. The number of hydrogen-bond acceptors (Lipinski definition) is 4. The highest BCUT2D eigenvalue weighted by Crippen LogP contribution is 2.18. The van der Waals surface area contributed by atoms with Gasteiger partial charge in [0.05, 0.1) is 18.8 Å². The van der Waals surface area contributed by atoms with Gasteiger partial charge in [0.25, 0.3) is 0 Å². The van der Waals surface area contributed by atoms with Gasteiger partial charge in [0.2, 0.25) is 0 Å². The average Bonchev–Trinajstić information content (AvgIpc) is 2.17. The van der Waals surface area contributed by atoms with Crippen LogP contribution >= 0.6 is 0 Å². The fourth-order valence-electron chi connectivity index (χ4n) is 2.60.